The van der Waals surface area contributed by atoms with Crippen LogP contribution < -0.4 is 5.32 Å². The first-order valence-electron chi connectivity index (χ1n) is 15.9. The zero-order valence-corrected chi connectivity index (χ0v) is 26.0. The van der Waals surface area contributed by atoms with Gasteiger partial charge in [-0.25, -0.2) is 4.79 Å². The first-order chi connectivity index (χ1) is 21.3. The van der Waals surface area contributed by atoms with E-state index in [4.69, 9.17) is 4.74 Å². The van der Waals surface area contributed by atoms with E-state index in [1.54, 1.807) is 24.3 Å². The van der Waals surface area contributed by atoms with Crippen molar-refractivity contribution in [1.29, 1.82) is 0 Å². The number of carbonyl (C=O) groups is 3. The highest BCUT2D eigenvalue weighted by Gasteiger charge is 2.34. The number of ether oxygens (including phenoxy) is 1. The van der Waals surface area contributed by atoms with E-state index in [1.165, 1.54) is 4.90 Å². The zero-order valence-electron chi connectivity index (χ0n) is 26.0. The third kappa shape index (κ3) is 8.12. The largest absolute Gasteiger partial charge is 0.446 e. The topological polar surface area (TPSA) is 79.0 Å². The van der Waals surface area contributed by atoms with Gasteiger partial charge in [-0.05, 0) is 68.8 Å². The lowest BCUT2D eigenvalue weighted by Gasteiger charge is -2.33. The van der Waals surface area contributed by atoms with Crippen LogP contribution in [0.25, 0.3) is 11.1 Å². The summed E-state index contributed by atoms with van der Waals surface area (Å²) in [5.74, 6) is -0.328. The number of carbonyl (C=O) groups excluding carboxylic acids is 3. The van der Waals surface area contributed by atoms with Crippen LogP contribution >= 0.6 is 0 Å². The average molecular weight is 598 g/mol. The van der Waals surface area contributed by atoms with Gasteiger partial charge in [-0.2, -0.15) is 0 Å². The molecule has 232 valence electrons. The van der Waals surface area contributed by atoms with E-state index in [0.717, 1.165) is 92.5 Å². The number of nitrogens with zero attached hydrogens (tertiary/aromatic N) is 3. The van der Waals surface area contributed by atoms with Gasteiger partial charge in [-0.3, -0.25) is 19.8 Å². The Hall–Kier alpha value is -4.01. The predicted molar refractivity (Wildman–Crippen MR) is 174 cm³/mol. The molecule has 1 fully saturated rings. The van der Waals surface area contributed by atoms with Crippen LogP contribution in [0.4, 0.5) is 10.5 Å². The number of unbranched alkanes of at least 4 members (excludes halogenated alkanes) is 2. The molecule has 0 atom stereocenters. The van der Waals surface area contributed by atoms with Crippen LogP contribution in [0, 0.1) is 0 Å². The Labute approximate surface area is 261 Å². The summed E-state index contributed by atoms with van der Waals surface area (Å²) in [5.41, 5.74) is 3.83. The Morgan fingerprint density at radius 3 is 1.93 bits per heavy atom. The highest BCUT2D eigenvalue weighted by molar-refractivity contribution is 6.21. The second-order valence-corrected chi connectivity index (χ2v) is 12.6. The molecule has 8 nitrogen and oxygen atoms in total. The van der Waals surface area contributed by atoms with E-state index < -0.39 is 6.09 Å². The smallest absolute Gasteiger partial charge is 0.411 e. The summed E-state index contributed by atoms with van der Waals surface area (Å²) < 4.78 is 6.72. The van der Waals surface area contributed by atoms with Crippen LogP contribution in [0.3, 0.4) is 0 Å². The van der Waals surface area contributed by atoms with Crippen LogP contribution in [0.5, 0.6) is 0 Å². The molecule has 3 amide bonds. The third-order valence-electron chi connectivity index (χ3n) is 8.82. The number of hydrogen-bond acceptors (Lipinski definition) is 5. The highest BCUT2D eigenvalue weighted by Crippen LogP contribution is 2.28. The van der Waals surface area contributed by atoms with Gasteiger partial charge in [0.1, 0.15) is 6.10 Å². The SMILES string of the molecule is C[N+](C)(CCCCN1CCC(OC(=O)Nc2ccccc2-c2ccccc2)CC1)CCCCN1C(=O)c2ccccc2C1=O. The maximum atomic E-state index is 12.7. The lowest BCUT2D eigenvalue weighted by atomic mass is 10.0. The lowest BCUT2D eigenvalue weighted by molar-refractivity contribution is -0.890. The van der Waals surface area contributed by atoms with Gasteiger partial charge in [0.05, 0.1) is 44.0 Å². The molecule has 3 aromatic carbocycles. The number of nitrogens with one attached hydrogen (secondary N) is 1. The van der Waals surface area contributed by atoms with Crippen LogP contribution in [0.2, 0.25) is 0 Å². The van der Waals surface area contributed by atoms with E-state index in [0.29, 0.717) is 17.7 Å². The summed E-state index contributed by atoms with van der Waals surface area (Å²) in [6, 6.07) is 24.9. The molecule has 0 saturated carbocycles. The lowest BCUT2D eigenvalue weighted by Crippen LogP contribution is -2.42. The van der Waals surface area contributed by atoms with Crippen molar-refractivity contribution in [1.82, 2.24) is 9.80 Å². The van der Waals surface area contributed by atoms with E-state index in [9.17, 15) is 14.4 Å². The maximum absolute atomic E-state index is 12.7. The van der Waals surface area contributed by atoms with E-state index >= 15 is 0 Å². The van der Waals surface area contributed by atoms with Crippen molar-refractivity contribution in [3.05, 3.63) is 90.0 Å². The fourth-order valence-corrected chi connectivity index (χ4v) is 6.24. The fourth-order valence-electron chi connectivity index (χ4n) is 6.24. The molecule has 44 heavy (non-hydrogen) atoms. The molecule has 5 rings (SSSR count). The van der Waals surface area contributed by atoms with Crippen molar-refractivity contribution in [2.75, 3.05) is 58.7 Å². The molecule has 2 aliphatic heterocycles. The molecule has 0 unspecified atom stereocenters. The number of rotatable bonds is 13. The van der Waals surface area contributed by atoms with Crippen molar-refractivity contribution in [2.45, 2.75) is 44.6 Å². The molecule has 2 aliphatic rings. The van der Waals surface area contributed by atoms with Gasteiger partial charge >= 0.3 is 6.09 Å². The van der Waals surface area contributed by atoms with Crippen LogP contribution in [-0.2, 0) is 4.74 Å². The standard InChI is InChI=1S/C36H44N4O4/c1-40(2,27-13-11-23-39-34(41)31-17-6-7-18-32(31)35(39)42)26-12-10-22-38-24-20-29(21-25-38)44-36(43)37-33-19-9-8-16-30(33)28-14-4-3-5-15-28/h3-9,14-19,29H,10-13,20-27H2,1-2H3/p+1. The summed E-state index contributed by atoms with van der Waals surface area (Å²) >= 11 is 0. The molecule has 8 heteroatoms. The number of likely N-dealkylation sites (tertiary alicyclic amines) is 1. The minimum absolute atomic E-state index is 0.0638. The second kappa shape index (κ2) is 14.6. The third-order valence-corrected chi connectivity index (χ3v) is 8.82. The Morgan fingerprint density at radius 1 is 0.750 bits per heavy atom. The summed E-state index contributed by atoms with van der Waals surface area (Å²) in [5, 5.41) is 2.95. The highest BCUT2D eigenvalue weighted by atomic mass is 16.6. The van der Waals surface area contributed by atoms with Crippen LogP contribution in [0.15, 0.2) is 78.9 Å². The molecule has 3 aromatic rings. The van der Waals surface area contributed by atoms with Crippen LogP contribution in [-0.4, -0.2) is 91.7 Å². The van der Waals surface area contributed by atoms with Gasteiger partial charge < -0.3 is 14.1 Å². The van der Waals surface area contributed by atoms with Gasteiger partial charge in [0.25, 0.3) is 11.8 Å². The normalized spacial score (nSPS) is 15.8. The van der Waals surface area contributed by atoms with Gasteiger partial charge in [-0.1, -0.05) is 60.7 Å². The molecule has 0 radical (unpaired) electrons. The van der Waals surface area contributed by atoms with Crippen molar-refractivity contribution in [2.24, 2.45) is 0 Å². The first kappa shape index (κ1) is 31.4. The van der Waals surface area contributed by atoms with E-state index in [-0.39, 0.29) is 17.9 Å². The number of piperidine rings is 1. The van der Waals surface area contributed by atoms with Gasteiger partial charge in [0, 0.05) is 25.2 Å². The Balaban J connectivity index is 0.943. The molecule has 2 heterocycles. The van der Waals surface area contributed by atoms with E-state index in [2.05, 4.69) is 24.3 Å². The summed E-state index contributed by atoms with van der Waals surface area (Å²) in [7, 11) is 4.52. The minimum Gasteiger partial charge on any atom is -0.446 e. The monoisotopic (exact) mass is 597 g/mol. The van der Waals surface area contributed by atoms with Crippen molar-refractivity contribution >= 4 is 23.6 Å². The molecule has 0 bridgehead atoms. The number of hydrogen-bond donors (Lipinski definition) is 1. The maximum Gasteiger partial charge on any atom is 0.411 e. The van der Waals surface area contributed by atoms with Crippen molar-refractivity contribution in [3.63, 3.8) is 0 Å². The number of benzene rings is 3. The number of fused-ring (bicyclic) bond motifs is 1. The van der Waals surface area contributed by atoms with Crippen molar-refractivity contribution in [3.8, 4) is 11.1 Å². The Bertz CT molecular complexity index is 1400. The fraction of sp³-hybridized carbons (Fsp3) is 0.417. The number of para-hydroxylation sites is 1. The number of amides is 3. The predicted octanol–water partition coefficient (Wildman–Crippen LogP) is 6.30. The molecule has 0 aliphatic carbocycles. The minimum atomic E-state index is -0.393. The molecular formula is C36H45N4O4+. The molecular weight excluding hydrogens is 552 g/mol. The molecule has 1 saturated heterocycles. The Morgan fingerprint density at radius 2 is 1.30 bits per heavy atom. The summed E-state index contributed by atoms with van der Waals surface area (Å²) in [6.07, 6.45) is 5.32. The number of anilines is 1. The molecule has 1 N–H and O–H groups in total. The summed E-state index contributed by atoms with van der Waals surface area (Å²) in [6.45, 7) is 5.53. The van der Waals surface area contributed by atoms with E-state index in [1.807, 2.05) is 54.6 Å². The number of imide groups is 1. The number of quaternary nitrogens is 1. The van der Waals surface area contributed by atoms with Crippen molar-refractivity contribution < 1.29 is 23.6 Å². The zero-order chi connectivity index (χ0) is 30.9. The van der Waals surface area contributed by atoms with Gasteiger partial charge in [-0.15, -0.1) is 0 Å². The quantitative estimate of drug-likeness (QED) is 0.142. The Kier molecular flexibility index (Phi) is 10.5. The van der Waals surface area contributed by atoms with Gasteiger partial charge in [0.2, 0.25) is 0 Å². The average Bonchev–Trinajstić information content (AvgIpc) is 3.27. The molecule has 0 spiro atoms. The van der Waals surface area contributed by atoms with Crippen LogP contribution in [0.1, 0.15) is 59.2 Å². The second-order valence-electron chi connectivity index (χ2n) is 12.6. The first-order valence-corrected chi connectivity index (χ1v) is 15.9. The molecule has 0 aromatic heterocycles. The van der Waals surface area contributed by atoms with Gasteiger partial charge in [0.15, 0.2) is 0 Å². The summed E-state index contributed by atoms with van der Waals surface area (Å²) in [4.78, 5) is 41.7.